The maximum absolute atomic E-state index is 6.13. The highest BCUT2D eigenvalue weighted by atomic mass is 35.5. The summed E-state index contributed by atoms with van der Waals surface area (Å²) in [5.74, 6) is 0.935. The zero-order chi connectivity index (χ0) is 14.8. The van der Waals surface area contributed by atoms with Crippen LogP contribution in [0.5, 0.6) is 0 Å². The number of nitrogens with one attached hydrogen (secondary N) is 1. The van der Waals surface area contributed by atoms with Gasteiger partial charge in [-0.15, -0.1) is 0 Å². The van der Waals surface area contributed by atoms with E-state index in [1.165, 1.54) is 10.5 Å². The largest absolute Gasteiger partial charge is 0.468 e. The van der Waals surface area contributed by atoms with Gasteiger partial charge in [-0.1, -0.05) is 29.4 Å². The lowest BCUT2D eigenvalue weighted by atomic mass is 10.1. The molecule has 2 nitrogen and oxygen atoms in total. The molecule has 20 heavy (non-hydrogen) atoms. The van der Waals surface area contributed by atoms with Crippen molar-refractivity contribution in [3.8, 4) is 0 Å². The summed E-state index contributed by atoms with van der Waals surface area (Å²) in [7, 11) is 0. The van der Waals surface area contributed by atoms with Crippen molar-refractivity contribution in [1.29, 1.82) is 0 Å². The van der Waals surface area contributed by atoms with E-state index in [-0.39, 0.29) is 5.54 Å². The topological polar surface area (TPSA) is 25.2 Å². The molecule has 4 heteroatoms. The van der Waals surface area contributed by atoms with Gasteiger partial charge in [-0.3, -0.25) is 0 Å². The van der Waals surface area contributed by atoms with Crippen molar-refractivity contribution in [2.75, 3.05) is 0 Å². The number of aryl methyl sites for hydroxylation is 1. The van der Waals surface area contributed by atoms with Gasteiger partial charge in [0, 0.05) is 22.0 Å². The van der Waals surface area contributed by atoms with Gasteiger partial charge in [0.15, 0.2) is 0 Å². The fourth-order valence-corrected chi connectivity index (χ4v) is 2.97. The average Bonchev–Trinajstić information content (AvgIpc) is 2.73. The molecule has 0 aliphatic rings. The number of halogens is 1. The molecule has 0 radical (unpaired) electrons. The normalized spacial score (nSPS) is 11.8. The minimum Gasteiger partial charge on any atom is -0.468 e. The first-order chi connectivity index (χ1) is 9.35. The lowest BCUT2D eigenvalue weighted by Crippen LogP contribution is -2.35. The van der Waals surface area contributed by atoms with Crippen LogP contribution in [0.1, 0.15) is 32.1 Å². The fourth-order valence-electron chi connectivity index (χ4n) is 1.73. The molecule has 0 bridgehead atoms. The first-order valence-electron chi connectivity index (χ1n) is 6.60. The van der Waals surface area contributed by atoms with Crippen LogP contribution in [-0.4, -0.2) is 5.54 Å². The molecule has 108 valence electrons. The first kappa shape index (κ1) is 15.5. The number of hydrogen-bond acceptors (Lipinski definition) is 3. The monoisotopic (exact) mass is 309 g/mol. The van der Waals surface area contributed by atoms with Crippen molar-refractivity contribution in [2.24, 2.45) is 0 Å². The van der Waals surface area contributed by atoms with Crippen molar-refractivity contribution in [3.05, 3.63) is 46.9 Å². The maximum Gasteiger partial charge on any atom is 0.114 e. The Labute approximate surface area is 129 Å². The summed E-state index contributed by atoms with van der Waals surface area (Å²) in [6.45, 7) is 9.28. The molecule has 0 atom stereocenters. The zero-order valence-electron chi connectivity index (χ0n) is 12.3. The molecule has 0 unspecified atom stereocenters. The Balaban J connectivity index is 2.22. The second kappa shape index (κ2) is 6.25. The van der Waals surface area contributed by atoms with E-state index in [0.29, 0.717) is 0 Å². The van der Waals surface area contributed by atoms with Crippen molar-refractivity contribution >= 4 is 23.4 Å². The highest BCUT2D eigenvalue weighted by molar-refractivity contribution is 7.99. The summed E-state index contributed by atoms with van der Waals surface area (Å²) in [6.07, 6.45) is 1.72. The summed E-state index contributed by atoms with van der Waals surface area (Å²) in [4.78, 5) is 2.29. The number of benzene rings is 1. The highest BCUT2D eigenvalue weighted by Gasteiger charge is 2.12. The van der Waals surface area contributed by atoms with Crippen LogP contribution < -0.4 is 5.32 Å². The van der Waals surface area contributed by atoms with Gasteiger partial charge in [-0.25, -0.2) is 0 Å². The smallest absolute Gasteiger partial charge is 0.114 e. The van der Waals surface area contributed by atoms with Gasteiger partial charge in [0.1, 0.15) is 5.76 Å². The molecule has 2 aromatic rings. The lowest BCUT2D eigenvalue weighted by molar-refractivity contribution is 0.422. The molecular weight excluding hydrogens is 290 g/mol. The Bertz CT molecular complexity index is 586. The molecule has 1 N–H and O–H groups in total. The summed E-state index contributed by atoms with van der Waals surface area (Å²) in [5, 5.41) is 4.27. The third-order valence-corrected chi connectivity index (χ3v) is 4.35. The third kappa shape index (κ3) is 4.30. The molecule has 0 amide bonds. The van der Waals surface area contributed by atoms with Gasteiger partial charge in [-0.05, 0) is 51.5 Å². The van der Waals surface area contributed by atoms with E-state index in [4.69, 9.17) is 16.0 Å². The molecule has 0 saturated heterocycles. The second-order valence-electron chi connectivity index (χ2n) is 5.80. The van der Waals surface area contributed by atoms with Gasteiger partial charge in [0.25, 0.3) is 0 Å². The van der Waals surface area contributed by atoms with Crippen LogP contribution in [0.15, 0.2) is 44.7 Å². The van der Waals surface area contributed by atoms with Crippen molar-refractivity contribution < 1.29 is 4.42 Å². The predicted molar refractivity (Wildman–Crippen MR) is 85.6 cm³/mol. The van der Waals surface area contributed by atoms with E-state index in [1.54, 1.807) is 18.0 Å². The SMILES string of the molecule is Cc1occc1Sc1cc(Cl)ccc1CNC(C)(C)C. The van der Waals surface area contributed by atoms with Crippen LogP contribution in [-0.2, 0) is 6.54 Å². The van der Waals surface area contributed by atoms with E-state index in [9.17, 15) is 0 Å². The van der Waals surface area contributed by atoms with E-state index in [1.807, 2.05) is 25.1 Å². The fraction of sp³-hybridized carbons (Fsp3) is 0.375. The number of hydrogen-bond donors (Lipinski definition) is 1. The standard InChI is InChI=1S/C16H20ClNOS/c1-11-14(7-8-19-11)20-15-9-13(17)6-5-12(15)10-18-16(2,3)4/h5-9,18H,10H2,1-4H3. The van der Waals surface area contributed by atoms with Crippen LogP contribution in [0.4, 0.5) is 0 Å². The number of furan rings is 1. The molecule has 0 fully saturated rings. The minimum absolute atomic E-state index is 0.0904. The minimum atomic E-state index is 0.0904. The molecule has 2 rings (SSSR count). The first-order valence-corrected chi connectivity index (χ1v) is 7.80. The quantitative estimate of drug-likeness (QED) is 0.831. The second-order valence-corrected chi connectivity index (χ2v) is 7.32. The van der Waals surface area contributed by atoms with Crippen molar-refractivity contribution in [3.63, 3.8) is 0 Å². The molecule has 0 saturated carbocycles. The number of rotatable bonds is 4. The summed E-state index contributed by atoms with van der Waals surface area (Å²) < 4.78 is 5.35. The van der Waals surface area contributed by atoms with Crippen LogP contribution in [0.2, 0.25) is 5.02 Å². The lowest BCUT2D eigenvalue weighted by Gasteiger charge is -2.21. The van der Waals surface area contributed by atoms with Crippen molar-refractivity contribution in [1.82, 2.24) is 5.32 Å². The van der Waals surface area contributed by atoms with Gasteiger partial charge < -0.3 is 9.73 Å². The maximum atomic E-state index is 6.13. The summed E-state index contributed by atoms with van der Waals surface area (Å²) in [5.41, 5.74) is 1.34. The van der Waals surface area contributed by atoms with Gasteiger partial charge in [0.2, 0.25) is 0 Å². The molecule has 1 aromatic carbocycles. The Morgan fingerprint density at radius 2 is 1.95 bits per heavy atom. The Morgan fingerprint density at radius 3 is 2.55 bits per heavy atom. The average molecular weight is 310 g/mol. The molecule has 0 spiro atoms. The van der Waals surface area contributed by atoms with E-state index >= 15 is 0 Å². The van der Waals surface area contributed by atoms with E-state index in [2.05, 4.69) is 32.2 Å². The Kier molecular flexibility index (Phi) is 4.84. The van der Waals surface area contributed by atoms with Gasteiger partial charge >= 0.3 is 0 Å². The molecular formula is C16H20ClNOS. The summed E-state index contributed by atoms with van der Waals surface area (Å²) >= 11 is 7.82. The van der Waals surface area contributed by atoms with Crippen LogP contribution in [0, 0.1) is 6.92 Å². The Morgan fingerprint density at radius 1 is 1.20 bits per heavy atom. The van der Waals surface area contributed by atoms with Gasteiger partial charge in [-0.2, -0.15) is 0 Å². The van der Waals surface area contributed by atoms with Crippen molar-refractivity contribution in [2.45, 2.75) is 49.6 Å². The summed E-state index contributed by atoms with van der Waals surface area (Å²) in [6, 6.07) is 8.02. The molecule has 1 heterocycles. The molecule has 0 aliphatic carbocycles. The van der Waals surface area contributed by atoms with E-state index in [0.717, 1.165) is 22.2 Å². The zero-order valence-corrected chi connectivity index (χ0v) is 13.9. The third-order valence-electron chi connectivity index (χ3n) is 2.87. The van der Waals surface area contributed by atoms with Crippen LogP contribution in [0.3, 0.4) is 0 Å². The predicted octanol–water partition coefficient (Wildman–Crippen LogP) is 5.28. The Hall–Kier alpha value is -0.900. The molecule has 1 aromatic heterocycles. The highest BCUT2D eigenvalue weighted by Crippen LogP contribution is 2.34. The van der Waals surface area contributed by atoms with E-state index < -0.39 is 0 Å². The molecule has 0 aliphatic heterocycles. The van der Waals surface area contributed by atoms with Crippen LogP contribution in [0.25, 0.3) is 0 Å². The van der Waals surface area contributed by atoms with Gasteiger partial charge in [0.05, 0.1) is 11.2 Å². The van der Waals surface area contributed by atoms with Crippen LogP contribution >= 0.6 is 23.4 Å².